The standard InChI is InChI=1S/C13H19NO4/c1-2-17-9-7-13(16)14-11-3-5-12(6-4-11)18-10-8-15/h3-6,15H,2,7-10H2,1H3,(H,14,16). The van der Waals surface area contributed by atoms with Crippen molar-refractivity contribution in [3.8, 4) is 5.75 Å². The van der Waals surface area contributed by atoms with Crippen LogP contribution in [0.1, 0.15) is 13.3 Å². The topological polar surface area (TPSA) is 67.8 Å². The minimum absolute atomic E-state index is 0.0179. The van der Waals surface area contributed by atoms with E-state index < -0.39 is 0 Å². The second-order valence-corrected chi connectivity index (χ2v) is 3.59. The van der Waals surface area contributed by atoms with Gasteiger partial charge in [0.1, 0.15) is 12.4 Å². The Bertz CT molecular complexity index is 351. The zero-order valence-electron chi connectivity index (χ0n) is 10.5. The zero-order chi connectivity index (χ0) is 13.2. The highest BCUT2D eigenvalue weighted by molar-refractivity contribution is 5.90. The van der Waals surface area contributed by atoms with Gasteiger partial charge in [-0.25, -0.2) is 0 Å². The van der Waals surface area contributed by atoms with Gasteiger partial charge < -0.3 is 19.9 Å². The lowest BCUT2D eigenvalue weighted by atomic mass is 10.3. The zero-order valence-corrected chi connectivity index (χ0v) is 10.5. The lowest BCUT2D eigenvalue weighted by Crippen LogP contribution is -2.14. The molecule has 0 radical (unpaired) electrons. The van der Waals surface area contributed by atoms with Crippen LogP contribution in [0.25, 0.3) is 0 Å². The van der Waals surface area contributed by atoms with E-state index in [2.05, 4.69) is 5.32 Å². The number of aliphatic hydroxyl groups is 1. The minimum Gasteiger partial charge on any atom is -0.491 e. The van der Waals surface area contributed by atoms with Gasteiger partial charge in [-0.1, -0.05) is 0 Å². The quantitative estimate of drug-likeness (QED) is 0.688. The van der Waals surface area contributed by atoms with E-state index >= 15 is 0 Å². The summed E-state index contributed by atoms with van der Waals surface area (Å²) in [6.45, 7) is 3.18. The summed E-state index contributed by atoms with van der Waals surface area (Å²) in [4.78, 5) is 11.5. The Morgan fingerprint density at radius 1 is 1.28 bits per heavy atom. The van der Waals surface area contributed by atoms with Crippen molar-refractivity contribution in [2.45, 2.75) is 13.3 Å². The minimum atomic E-state index is -0.0764. The SMILES string of the molecule is CCOCCC(=O)Nc1ccc(OCCO)cc1. The van der Waals surface area contributed by atoms with Crippen LogP contribution in [0.4, 0.5) is 5.69 Å². The highest BCUT2D eigenvalue weighted by atomic mass is 16.5. The summed E-state index contributed by atoms with van der Waals surface area (Å²) in [7, 11) is 0. The van der Waals surface area contributed by atoms with Gasteiger partial charge in [0.05, 0.1) is 19.6 Å². The van der Waals surface area contributed by atoms with Crippen LogP contribution < -0.4 is 10.1 Å². The third kappa shape index (κ3) is 5.65. The fourth-order valence-corrected chi connectivity index (χ4v) is 1.33. The molecule has 0 spiro atoms. The van der Waals surface area contributed by atoms with Crippen molar-refractivity contribution < 1.29 is 19.4 Å². The van der Waals surface area contributed by atoms with E-state index in [1.165, 1.54) is 0 Å². The summed E-state index contributed by atoms with van der Waals surface area (Å²) in [5, 5.41) is 11.4. The van der Waals surface area contributed by atoms with Gasteiger partial charge in [0.2, 0.25) is 5.91 Å². The van der Waals surface area contributed by atoms with Gasteiger partial charge >= 0.3 is 0 Å². The maximum Gasteiger partial charge on any atom is 0.226 e. The summed E-state index contributed by atoms with van der Waals surface area (Å²) in [6, 6.07) is 7.00. The molecule has 100 valence electrons. The number of rotatable bonds is 8. The molecule has 0 saturated carbocycles. The summed E-state index contributed by atoms with van der Waals surface area (Å²) < 4.78 is 10.3. The van der Waals surface area contributed by atoms with Crippen molar-refractivity contribution in [2.24, 2.45) is 0 Å². The molecule has 5 heteroatoms. The van der Waals surface area contributed by atoms with Crippen LogP contribution in [0.15, 0.2) is 24.3 Å². The number of benzene rings is 1. The molecule has 0 saturated heterocycles. The molecule has 5 nitrogen and oxygen atoms in total. The van der Waals surface area contributed by atoms with Gasteiger partial charge in [-0.05, 0) is 31.2 Å². The van der Waals surface area contributed by atoms with Crippen LogP contribution in [0.5, 0.6) is 5.75 Å². The van der Waals surface area contributed by atoms with Crippen LogP contribution in [0.3, 0.4) is 0 Å². The lowest BCUT2D eigenvalue weighted by Gasteiger charge is -2.07. The number of ether oxygens (including phenoxy) is 2. The van der Waals surface area contributed by atoms with Crippen LogP contribution >= 0.6 is 0 Å². The Labute approximate surface area is 107 Å². The highest BCUT2D eigenvalue weighted by Gasteiger charge is 2.02. The van der Waals surface area contributed by atoms with E-state index in [1.807, 2.05) is 6.92 Å². The van der Waals surface area contributed by atoms with Gasteiger partial charge in [0.15, 0.2) is 0 Å². The highest BCUT2D eigenvalue weighted by Crippen LogP contribution is 2.15. The largest absolute Gasteiger partial charge is 0.491 e. The number of aliphatic hydroxyl groups excluding tert-OH is 1. The van der Waals surface area contributed by atoms with Gasteiger partial charge in [-0.2, -0.15) is 0 Å². The van der Waals surface area contributed by atoms with Crippen LogP contribution in [-0.4, -0.2) is 37.4 Å². The normalized spacial score (nSPS) is 10.1. The fourth-order valence-electron chi connectivity index (χ4n) is 1.33. The van der Waals surface area contributed by atoms with Gasteiger partial charge in [-0.3, -0.25) is 4.79 Å². The van der Waals surface area contributed by atoms with E-state index in [4.69, 9.17) is 14.6 Å². The second kappa shape index (κ2) is 8.49. The molecule has 1 aromatic carbocycles. The third-order valence-corrected chi connectivity index (χ3v) is 2.18. The Morgan fingerprint density at radius 3 is 2.61 bits per heavy atom. The molecule has 18 heavy (non-hydrogen) atoms. The molecule has 0 unspecified atom stereocenters. The molecule has 0 aliphatic heterocycles. The van der Waals surface area contributed by atoms with Crippen molar-refractivity contribution in [3.05, 3.63) is 24.3 Å². The van der Waals surface area contributed by atoms with E-state index in [1.54, 1.807) is 24.3 Å². The molecule has 2 N–H and O–H groups in total. The number of hydrogen-bond acceptors (Lipinski definition) is 4. The average molecular weight is 253 g/mol. The first kappa shape index (κ1) is 14.5. The molecular weight excluding hydrogens is 234 g/mol. The third-order valence-electron chi connectivity index (χ3n) is 2.18. The lowest BCUT2D eigenvalue weighted by molar-refractivity contribution is -0.117. The maximum atomic E-state index is 11.5. The van der Waals surface area contributed by atoms with E-state index in [0.717, 1.165) is 0 Å². The molecule has 0 aliphatic rings. The molecular formula is C13H19NO4. The van der Waals surface area contributed by atoms with Crippen molar-refractivity contribution >= 4 is 11.6 Å². The molecule has 1 amide bonds. The average Bonchev–Trinajstić information content (AvgIpc) is 2.38. The first-order valence-electron chi connectivity index (χ1n) is 5.97. The van der Waals surface area contributed by atoms with Gasteiger partial charge in [0, 0.05) is 12.3 Å². The van der Waals surface area contributed by atoms with Crippen molar-refractivity contribution in [3.63, 3.8) is 0 Å². The van der Waals surface area contributed by atoms with Crippen molar-refractivity contribution in [1.29, 1.82) is 0 Å². The number of anilines is 1. The van der Waals surface area contributed by atoms with Crippen LogP contribution in [-0.2, 0) is 9.53 Å². The molecule has 1 rings (SSSR count). The first-order valence-corrected chi connectivity index (χ1v) is 5.97. The smallest absolute Gasteiger partial charge is 0.226 e. The van der Waals surface area contributed by atoms with Gasteiger partial charge in [-0.15, -0.1) is 0 Å². The molecule has 0 aromatic heterocycles. The fraction of sp³-hybridized carbons (Fsp3) is 0.462. The van der Waals surface area contributed by atoms with Crippen LogP contribution in [0, 0.1) is 0 Å². The first-order chi connectivity index (χ1) is 8.76. The molecule has 0 aliphatic carbocycles. The van der Waals surface area contributed by atoms with Crippen LogP contribution in [0.2, 0.25) is 0 Å². The maximum absolute atomic E-state index is 11.5. The summed E-state index contributed by atoms with van der Waals surface area (Å²) in [6.07, 6.45) is 0.344. The van der Waals surface area contributed by atoms with E-state index in [-0.39, 0.29) is 19.1 Å². The Morgan fingerprint density at radius 2 is 2.00 bits per heavy atom. The monoisotopic (exact) mass is 253 g/mol. The van der Waals surface area contributed by atoms with Gasteiger partial charge in [0.25, 0.3) is 0 Å². The number of carbonyl (C=O) groups is 1. The number of nitrogens with one attached hydrogen (secondary N) is 1. The van der Waals surface area contributed by atoms with E-state index in [0.29, 0.717) is 31.1 Å². The molecule has 0 bridgehead atoms. The number of carbonyl (C=O) groups excluding carboxylic acids is 1. The second-order valence-electron chi connectivity index (χ2n) is 3.59. The predicted molar refractivity (Wildman–Crippen MR) is 68.8 cm³/mol. The Hall–Kier alpha value is -1.59. The summed E-state index contributed by atoms with van der Waals surface area (Å²) in [5.41, 5.74) is 0.716. The predicted octanol–water partition coefficient (Wildman–Crippen LogP) is 1.42. The Balaban J connectivity index is 2.35. The van der Waals surface area contributed by atoms with Crippen molar-refractivity contribution in [1.82, 2.24) is 0 Å². The number of amides is 1. The molecule has 1 aromatic rings. The molecule has 0 atom stereocenters. The summed E-state index contributed by atoms with van der Waals surface area (Å²) >= 11 is 0. The van der Waals surface area contributed by atoms with E-state index in [9.17, 15) is 4.79 Å². The van der Waals surface area contributed by atoms with Crippen molar-refractivity contribution in [2.75, 3.05) is 31.7 Å². The Kier molecular flexibility index (Phi) is 6.83. The number of hydrogen-bond donors (Lipinski definition) is 2. The molecule has 0 heterocycles. The summed E-state index contributed by atoms with van der Waals surface area (Å²) in [5.74, 6) is 0.587. The molecule has 0 fully saturated rings.